The molecule has 2 aromatic heterocycles. The first-order valence-electron chi connectivity index (χ1n) is 8.99. The van der Waals surface area contributed by atoms with Gasteiger partial charge in [-0.05, 0) is 36.8 Å². The Labute approximate surface area is 164 Å². The Bertz CT molecular complexity index is 1280. The van der Waals surface area contributed by atoms with E-state index in [0.717, 1.165) is 0 Å². The lowest BCUT2D eigenvalue weighted by atomic mass is 10.2. The van der Waals surface area contributed by atoms with Crippen LogP contribution >= 0.6 is 0 Å². The Morgan fingerprint density at radius 1 is 1.21 bits per heavy atom. The molecule has 0 atom stereocenters. The van der Waals surface area contributed by atoms with Gasteiger partial charge in [0.1, 0.15) is 5.82 Å². The molecule has 2 N–H and O–H groups in total. The summed E-state index contributed by atoms with van der Waals surface area (Å²) in [6, 6.07) is 11.0. The third kappa shape index (κ3) is 3.59. The van der Waals surface area contributed by atoms with Crippen molar-refractivity contribution in [3.63, 3.8) is 0 Å². The molecular formula is C20H18FN5O3. The lowest BCUT2D eigenvalue weighted by molar-refractivity contribution is 0.190. The summed E-state index contributed by atoms with van der Waals surface area (Å²) in [6.45, 7) is 0.811. The fraction of sp³-hybridized carbons (Fsp3) is 0.200. The number of rotatable bonds is 6. The molecule has 8 nitrogen and oxygen atoms in total. The number of para-hydroxylation sites is 1. The highest BCUT2D eigenvalue weighted by Gasteiger charge is 2.14. The van der Waals surface area contributed by atoms with Crippen molar-refractivity contribution in [2.24, 2.45) is 10.2 Å². The van der Waals surface area contributed by atoms with E-state index in [-0.39, 0.29) is 23.1 Å². The zero-order valence-corrected chi connectivity index (χ0v) is 15.6. The number of ether oxygens (including phenoxy) is 1. The normalized spacial score (nSPS) is 11.8. The first-order chi connectivity index (χ1) is 14.1. The Hall–Kier alpha value is -3.59. The van der Waals surface area contributed by atoms with E-state index in [4.69, 9.17) is 4.74 Å². The van der Waals surface area contributed by atoms with Gasteiger partial charge in [-0.3, -0.25) is 9.36 Å². The van der Waals surface area contributed by atoms with Crippen molar-refractivity contribution in [3.05, 3.63) is 58.6 Å². The van der Waals surface area contributed by atoms with Crippen LogP contribution in [0.25, 0.3) is 21.8 Å². The fourth-order valence-electron chi connectivity index (χ4n) is 3.13. The summed E-state index contributed by atoms with van der Waals surface area (Å²) in [7, 11) is 1.58. The third-order valence-corrected chi connectivity index (χ3v) is 4.53. The maximum absolute atomic E-state index is 13.6. The van der Waals surface area contributed by atoms with Crippen LogP contribution in [0.4, 0.5) is 16.0 Å². The average Bonchev–Trinajstić information content (AvgIpc) is 3.03. The predicted molar refractivity (Wildman–Crippen MR) is 107 cm³/mol. The second-order valence-corrected chi connectivity index (χ2v) is 6.44. The molecule has 0 aliphatic rings. The van der Waals surface area contributed by atoms with Gasteiger partial charge in [0.25, 0.3) is 11.5 Å². The van der Waals surface area contributed by atoms with Crippen LogP contribution in [0.5, 0.6) is 5.88 Å². The van der Waals surface area contributed by atoms with E-state index >= 15 is 0 Å². The second kappa shape index (κ2) is 7.80. The largest absolute Gasteiger partial charge is 0.493 e. The molecule has 2 aromatic carbocycles. The van der Waals surface area contributed by atoms with Crippen LogP contribution in [0, 0.1) is 5.82 Å². The number of nitrogens with zero attached hydrogens (tertiary/aromatic N) is 4. The number of aromatic hydroxyl groups is 1. The van der Waals surface area contributed by atoms with Crippen molar-refractivity contribution in [2.45, 2.75) is 13.0 Å². The van der Waals surface area contributed by atoms with Crippen molar-refractivity contribution in [1.82, 2.24) is 14.5 Å². The number of H-pyrrole nitrogens is 1. The number of hydrogen-bond donors (Lipinski definition) is 2. The molecular weight excluding hydrogens is 377 g/mol. The molecule has 0 bridgehead atoms. The van der Waals surface area contributed by atoms with E-state index in [0.29, 0.717) is 41.4 Å². The van der Waals surface area contributed by atoms with Gasteiger partial charge in [0.2, 0.25) is 5.88 Å². The van der Waals surface area contributed by atoms with Crippen LogP contribution in [0.2, 0.25) is 0 Å². The van der Waals surface area contributed by atoms with E-state index in [1.807, 2.05) is 0 Å². The van der Waals surface area contributed by atoms with E-state index in [9.17, 15) is 14.3 Å². The molecule has 0 unspecified atom stereocenters. The number of methoxy groups -OCH3 is 1. The number of nitrogens with one attached hydrogen (secondary N) is 1. The Balaban J connectivity index is 1.83. The molecule has 0 spiro atoms. The number of fused-ring (bicyclic) bond motifs is 2. The lowest BCUT2D eigenvalue weighted by Gasteiger charge is -2.09. The molecule has 0 amide bonds. The fourth-order valence-corrected chi connectivity index (χ4v) is 3.13. The molecule has 2 heterocycles. The van der Waals surface area contributed by atoms with Gasteiger partial charge in [-0.2, -0.15) is 0 Å². The Morgan fingerprint density at radius 2 is 2.03 bits per heavy atom. The standard InChI is InChI=1S/C20H18FN5O3/c1-29-10-4-9-26-19(28)13-5-2-3-6-15(13)23-20(26)25-24-17-14-11-12(21)7-8-16(14)22-18(17)27/h2-3,5-8,11,22,27H,4,9-10H2,1H3. The minimum absolute atomic E-state index is 0.0744. The smallest absolute Gasteiger partial charge is 0.262 e. The van der Waals surface area contributed by atoms with Crippen LogP contribution in [0.15, 0.2) is 57.5 Å². The maximum atomic E-state index is 13.6. The van der Waals surface area contributed by atoms with Crippen LogP contribution in [0.1, 0.15) is 6.42 Å². The monoisotopic (exact) mass is 395 g/mol. The minimum atomic E-state index is -0.465. The topological polar surface area (TPSA) is 105 Å². The summed E-state index contributed by atoms with van der Waals surface area (Å²) in [6.07, 6.45) is 0.586. The zero-order valence-electron chi connectivity index (χ0n) is 15.6. The van der Waals surface area contributed by atoms with E-state index in [2.05, 4.69) is 20.2 Å². The van der Waals surface area contributed by atoms with Crippen LogP contribution in [-0.2, 0) is 11.3 Å². The van der Waals surface area contributed by atoms with Gasteiger partial charge in [-0.1, -0.05) is 12.1 Å². The number of azo groups is 1. The summed E-state index contributed by atoms with van der Waals surface area (Å²) in [5, 5.41) is 19.2. The van der Waals surface area contributed by atoms with Crippen molar-refractivity contribution < 1.29 is 14.2 Å². The van der Waals surface area contributed by atoms with Crippen LogP contribution in [0.3, 0.4) is 0 Å². The highest BCUT2D eigenvalue weighted by molar-refractivity contribution is 5.94. The first-order valence-corrected chi connectivity index (χ1v) is 8.99. The number of benzene rings is 2. The molecule has 0 saturated heterocycles. The number of hydrogen-bond acceptors (Lipinski definition) is 6. The van der Waals surface area contributed by atoms with Gasteiger partial charge >= 0.3 is 0 Å². The SMILES string of the molecule is COCCCn1c(N=Nc2c(O)[nH]c3ccc(F)cc23)nc2ccccc2c1=O. The molecule has 0 saturated carbocycles. The third-order valence-electron chi connectivity index (χ3n) is 4.53. The van der Waals surface area contributed by atoms with E-state index in [1.165, 1.54) is 22.8 Å². The van der Waals surface area contributed by atoms with Gasteiger partial charge in [-0.25, -0.2) is 9.37 Å². The van der Waals surface area contributed by atoms with E-state index < -0.39 is 5.82 Å². The maximum Gasteiger partial charge on any atom is 0.262 e. The molecule has 0 aliphatic carbocycles. The quantitative estimate of drug-likeness (QED) is 0.377. The second-order valence-electron chi connectivity index (χ2n) is 6.44. The van der Waals surface area contributed by atoms with Crippen LogP contribution < -0.4 is 5.56 Å². The minimum Gasteiger partial charge on any atom is -0.493 e. The summed E-state index contributed by atoms with van der Waals surface area (Å²) in [4.78, 5) is 20.1. The summed E-state index contributed by atoms with van der Waals surface area (Å²) < 4.78 is 20.1. The number of aromatic amines is 1. The van der Waals surface area contributed by atoms with Gasteiger partial charge in [0.15, 0.2) is 5.69 Å². The molecule has 29 heavy (non-hydrogen) atoms. The lowest BCUT2D eigenvalue weighted by Crippen LogP contribution is -2.22. The molecule has 4 rings (SSSR count). The Morgan fingerprint density at radius 3 is 2.86 bits per heavy atom. The predicted octanol–water partition coefficient (Wildman–Crippen LogP) is 4.17. The van der Waals surface area contributed by atoms with Gasteiger partial charge in [0, 0.05) is 25.6 Å². The molecule has 0 radical (unpaired) electrons. The van der Waals surface area contributed by atoms with Gasteiger partial charge < -0.3 is 14.8 Å². The van der Waals surface area contributed by atoms with Gasteiger partial charge in [-0.15, -0.1) is 10.2 Å². The molecule has 4 aromatic rings. The highest BCUT2D eigenvalue weighted by Crippen LogP contribution is 2.36. The van der Waals surface area contributed by atoms with Crippen molar-refractivity contribution >= 4 is 33.4 Å². The molecule has 148 valence electrons. The van der Waals surface area contributed by atoms with Gasteiger partial charge in [0.05, 0.1) is 16.4 Å². The van der Waals surface area contributed by atoms with Crippen LogP contribution in [-0.4, -0.2) is 33.4 Å². The number of halogens is 1. The molecule has 0 fully saturated rings. The first kappa shape index (κ1) is 18.8. The van der Waals surface area contributed by atoms with Crippen molar-refractivity contribution in [3.8, 4) is 5.88 Å². The average molecular weight is 395 g/mol. The summed E-state index contributed by atoms with van der Waals surface area (Å²) >= 11 is 0. The highest BCUT2D eigenvalue weighted by atomic mass is 19.1. The molecule has 9 heteroatoms. The number of aromatic nitrogens is 3. The summed E-state index contributed by atoms with van der Waals surface area (Å²) in [5.41, 5.74) is 0.839. The molecule has 0 aliphatic heterocycles. The summed E-state index contributed by atoms with van der Waals surface area (Å²) in [5.74, 6) is -0.619. The Kier molecular flexibility index (Phi) is 5.05. The van der Waals surface area contributed by atoms with Crippen molar-refractivity contribution in [2.75, 3.05) is 13.7 Å². The zero-order chi connectivity index (χ0) is 20.4. The van der Waals surface area contributed by atoms with E-state index in [1.54, 1.807) is 31.4 Å². The van der Waals surface area contributed by atoms with Crippen molar-refractivity contribution in [1.29, 1.82) is 0 Å².